The van der Waals surface area contributed by atoms with Gasteiger partial charge in [-0.05, 0) is 19.1 Å². The average molecular weight is 323 g/mol. The molecule has 0 saturated carbocycles. The van der Waals surface area contributed by atoms with Crippen molar-refractivity contribution in [3.05, 3.63) is 29.3 Å². The van der Waals surface area contributed by atoms with Crippen LogP contribution in [0.3, 0.4) is 0 Å². The number of hydrogen-bond acceptors (Lipinski definition) is 5. The van der Waals surface area contributed by atoms with Crippen LogP contribution in [0, 0.1) is 0 Å². The Morgan fingerprint density at radius 1 is 1.48 bits per heavy atom. The Labute approximate surface area is 134 Å². The number of benzene rings is 1. The number of urea groups is 1. The molecule has 1 atom stereocenters. The van der Waals surface area contributed by atoms with Gasteiger partial charge in [-0.15, -0.1) is 0 Å². The van der Waals surface area contributed by atoms with Gasteiger partial charge in [-0.2, -0.15) is 0 Å². The van der Waals surface area contributed by atoms with Crippen LogP contribution in [0.1, 0.15) is 22.8 Å². The van der Waals surface area contributed by atoms with Crippen LogP contribution in [0.2, 0.25) is 0 Å². The van der Waals surface area contributed by atoms with Gasteiger partial charge in [0.2, 0.25) is 0 Å². The molecule has 8 heteroatoms. The zero-order valence-corrected chi connectivity index (χ0v) is 13.2. The molecule has 0 saturated heterocycles. The highest BCUT2D eigenvalue weighted by Crippen LogP contribution is 2.26. The molecule has 1 heterocycles. The third-order valence-corrected chi connectivity index (χ3v) is 3.63. The van der Waals surface area contributed by atoms with Crippen molar-refractivity contribution in [1.82, 2.24) is 15.7 Å². The van der Waals surface area contributed by atoms with Crippen LogP contribution >= 0.6 is 0 Å². The first-order valence-electron chi connectivity index (χ1n) is 7.30. The zero-order chi connectivity index (χ0) is 16.8. The van der Waals surface area contributed by atoms with E-state index in [9.17, 15) is 9.59 Å². The first-order valence-corrected chi connectivity index (χ1v) is 7.30. The van der Waals surface area contributed by atoms with Gasteiger partial charge in [-0.3, -0.25) is 10.0 Å². The lowest BCUT2D eigenvalue weighted by molar-refractivity contribution is 0.0706. The highest BCUT2D eigenvalue weighted by atomic mass is 16.5. The second kappa shape index (κ2) is 7.80. The Hall–Kier alpha value is -2.32. The topological polar surface area (TPSA) is 100 Å². The molecule has 3 N–H and O–H groups in total. The Balaban J connectivity index is 2.14. The second-order valence-corrected chi connectivity index (χ2v) is 5.28. The number of nitrogens with zero attached hydrogens (tertiary/aromatic N) is 1. The normalized spacial score (nSPS) is 16.8. The molecule has 3 amide bonds. The van der Waals surface area contributed by atoms with Crippen molar-refractivity contribution >= 4 is 11.9 Å². The number of ether oxygens (including phenoxy) is 2. The van der Waals surface area contributed by atoms with E-state index >= 15 is 0 Å². The number of amides is 3. The lowest BCUT2D eigenvalue weighted by Gasteiger charge is -2.26. The van der Waals surface area contributed by atoms with E-state index in [1.54, 1.807) is 35.7 Å². The first-order chi connectivity index (χ1) is 11.1. The smallest absolute Gasteiger partial charge is 0.318 e. The van der Waals surface area contributed by atoms with Gasteiger partial charge in [0.05, 0.1) is 19.2 Å². The molecule has 0 bridgehead atoms. The molecular formula is C15H21N3O5. The van der Waals surface area contributed by atoms with E-state index in [2.05, 4.69) is 5.32 Å². The van der Waals surface area contributed by atoms with Crippen LogP contribution in [0.15, 0.2) is 18.2 Å². The molecule has 1 aliphatic heterocycles. The zero-order valence-electron chi connectivity index (χ0n) is 13.2. The summed E-state index contributed by atoms with van der Waals surface area (Å²) in [5.41, 5.74) is 2.67. The first kappa shape index (κ1) is 17.0. The predicted octanol–water partition coefficient (Wildman–Crippen LogP) is 0.744. The van der Waals surface area contributed by atoms with Crippen molar-refractivity contribution in [3.63, 3.8) is 0 Å². The van der Waals surface area contributed by atoms with E-state index in [0.717, 1.165) is 5.56 Å². The van der Waals surface area contributed by atoms with Gasteiger partial charge in [-0.25, -0.2) is 10.3 Å². The second-order valence-electron chi connectivity index (χ2n) is 5.28. The number of fused-ring (bicyclic) bond motifs is 1. The van der Waals surface area contributed by atoms with Crippen molar-refractivity contribution in [1.29, 1.82) is 0 Å². The van der Waals surface area contributed by atoms with Crippen molar-refractivity contribution < 1.29 is 24.3 Å². The summed E-state index contributed by atoms with van der Waals surface area (Å²) in [6, 6.07) is 4.53. The van der Waals surface area contributed by atoms with E-state index in [-0.39, 0.29) is 17.6 Å². The monoisotopic (exact) mass is 323 g/mol. The summed E-state index contributed by atoms with van der Waals surface area (Å²) < 4.78 is 10.6. The Morgan fingerprint density at radius 3 is 2.96 bits per heavy atom. The van der Waals surface area contributed by atoms with E-state index in [4.69, 9.17) is 14.7 Å². The van der Waals surface area contributed by atoms with Gasteiger partial charge in [0.1, 0.15) is 12.4 Å². The van der Waals surface area contributed by atoms with E-state index in [1.807, 2.05) is 6.92 Å². The van der Waals surface area contributed by atoms with Gasteiger partial charge in [0.15, 0.2) is 0 Å². The summed E-state index contributed by atoms with van der Waals surface area (Å²) in [7, 11) is 1.57. The molecule has 0 radical (unpaired) electrons. The third-order valence-electron chi connectivity index (χ3n) is 3.63. The van der Waals surface area contributed by atoms with Crippen molar-refractivity contribution in [2.45, 2.75) is 19.5 Å². The molecule has 0 spiro atoms. The summed E-state index contributed by atoms with van der Waals surface area (Å²) in [6.45, 7) is 3.46. The molecule has 0 fully saturated rings. The maximum absolute atomic E-state index is 12.3. The van der Waals surface area contributed by atoms with Crippen LogP contribution in [0.4, 0.5) is 4.79 Å². The number of hydroxylamine groups is 1. The van der Waals surface area contributed by atoms with Crippen molar-refractivity contribution in [2.75, 3.05) is 26.9 Å². The van der Waals surface area contributed by atoms with E-state index in [0.29, 0.717) is 32.1 Å². The van der Waals surface area contributed by atoms with Crippen LogP contribution in [0.5, 0.6) is 5.75 Å². The summed E-state index contributed by atoms with van der Waals surface area (Å²) in [5.74, 6) is -0.0759. The Morgan fingerprint density at radius 2 is 2.26 bits per heavy atom. The summed E-state index contributed by atoms with van der Waals surface area (Å²) in [6.07, 6.45) is 0. The molecule has 1 unspecified atom stereocenters. The molecule has 23 heavy (non-hydrogen) atoms. The lowest BCUT2D eigenvalue weighted by Crippen LogP contribution is -2.46. The van der Waals surface area contributed by atoms with Gasteiger partial charge < -0.3 is 19.7 Å². The third kappa shape index (κ3) is 4.11. The van der Waals surface area contributed by atoms with Gasteiger partial charge in [0, 0.05) is 24.8 Å². The minimum Gasteiger partial charge on any atom is -0.491 e. The number of nitrogens with one attached hydrogen (secondary N) is 2. The minimum atomic E-state index is -0.608. The summed E-state index contributed by atoms with van der Waals surface area (Å²) in [5, 5.41) is 11.5. The maximum atomic E-state index is 12.3. The fraction of sp³-hybridized carbons (Fsp3) is 0.467. The standard InChI is InChI=1S/C15H21N3O5/c1-10-9-23-13-7-11(14(19)17-21)3-4-12(13)8-18(10)15(20)16-5-6-22-2/h3-4,7,10,21H,5-6,8-9H2,1-2H3,(H,16,20)(H,17,19). The summed E-state index contributed by atoms with van der Waals surface area (Å²) in [4.78, 5) is 25.4. The molecule has 8 nitrogen and oxygen atoms in total. The molecule has 1 aromatic carbocycles. The Bertz CT molecular complexity index is 578. The highest BCUT2D eigenvalue weighted by molar-refractivity contribution is 5.93. The average Bonchev–Trinajstić information content (AvgIpc) is 2.73. The van der Waals surface area contributed by atoms with Crippen LogP contribution in [-0.2, 0) is 11.3 Å². The molecule has 1 aliphatic rings. The fourth-order valence-corrected chi connectivity index (χ4v) is 2.30. The largest absolute Gasteiger partial charge is 0.491 e. The van der Waals surface area contributed by atoms with Crippen LogP contribution < -0.4 is 15.5 Å². The number of carbonyl (C=O) groups excluding carboxylic acids is 2. The number of rotatable bonds is 4. The van der Waals surface area contributed by atoms with Crippen molar-refractivity contribution in [3.8, 4) is 5.75 Å². The Kier molecular flexibility index (Phi) is 5.78. The molecule has 0 aromatic heterocycles. The highest BCUT2D eigenvalue weighted by Gasteiger charge is 2.26. The quantitative estimate of drug-likeness (QED) is 0.431. The minimum absolute atomic E-state index is 0.125. The molecule has 1 aromatic rings. The number of carbonyl (C=O) groups is 2. The van der Waals surface area contributed by atoms with Crippen LogP contribution in [-0.4, -0.2) is 55.0 Å². The maximum Gasteiger partial charge on any atom is 0.318 e. The SMILES string of the molecule is COCCNC(=O)N1Cc2ccc(C(=O)NO)cc2OCC1C. The van der Waals surface area contributed by atoms with Gasteiger partial charge >= 0.3 is 6.03 Å². The summed E-state index contributed by atoms with van der Waals surface area (Å²) >= 11 is 0. The van der Waals surface area contributed by atoms with Crippen molar-refractivity contribution in [2.24, 2.45) is 0 Å². The van der Waals surface area contributed by atoms with E-state index in [1.165, 1.54) is 0 Å². The number of methoxy groups -OCH3 is 1. The predicted molar refractivity (Wildman–Crippen MR) is 81.5 cm³/mol. The van der Waals surface area contributed by atoms with E-state index < -0.39 is 5.91 Å². The van der Waals surface area contributed by atoms with Crippen LogP contribution in [0.25, 0.3) is 0 Å². The lowest BCUT2D eigenvalue weighted by atomic mass is 10.1. The molecular weight excluding hydrogens is 302 g/mol. The van der Waals surface area contributed by atoms with Gasteiger partial charge in [0.25, 0.3) is 5.91 Å². The molecule has 126 valence electrons. The van der Waals surface area contributed by atoms with Gasteiger partial charge in [-0.1, -0.05) is 6.07 Å². The number of hydrogen-bond donors (Lipinski definition) is 3. The molecule has 2 rings (SSSR count). The molecule has 0 aliphatic carbocycles. The fourth-order valence-electron chi connectivity index (χ4n) is 2.30.